The Hall–Kier alpha value is -0.123. The van der Waals surface area contributed by atoms with Gasteiger partial charge in [0.15, 0.2) is 8.32 Å². The summed E-state index contributed by atoms with van der Waals surface area (Å²) in [5, 5.41) is 0.318. The second kappa shape index (κ2) is 4.52. The van der Waals surface area contributed by atoms with Crippen LogP contribution in [-0.2, 0) is 4.43 Å². The molecule has 0 spiro atoms. The Morgan fingerprint density at radius 1 is 1.24 bits per heavy atom. The van der Waals surface area contributed by atoms with Crippen molar-refractivity contribution in [3.05, 3.63) is 12.2 Å². The average Bonchev–Trinajstić information content (AvgIpc) is 2.60. The van der Waals surface area contributed by atoms with E-state index in [1.54, 1.807) is 0 Å². The molecular weight excluding hydrogens is 226 g/mol. The topological polar surface area (TPSA) is 12.5 Å². The zero-order valence-electron chi connectivity index (χ0n) is 12.0. The van der Waals surface area contributed by atoms with Crippen LogP contribution in [0.2, 0.25) is 18.1 Å². The van der Waals surface area contributed by atoms with Crippen molar-refractivity contribution >= 4 is 8.32 Å². The van der Waals surface area contributed by atoms with Crippen molar-refractivity contribution in [2.45, 2.75) is 63.9 Å². The molecule has 3 heteroatoms. The molecule has 0 aromatic heterocycles. The minimum Gasteiger partial charge on any atom is -0.412 e. The van der Waals surface area contributed by atoms with Gasteiger partial charge in [0.2, 0.25) is 0 Å². The molecule has 0 amide bonds. The summed E-state index contributed by atoms with van der Waals surface area (Å²) in [6.07, 6.45) is 7.56. The Bertz CT molecular complexity index is 306. The number of fused-ring (bicyclic) bond motifs is 1. The van der Waals surface area contributed by atoms with Crippen LogP contribution in [0.15, 0.2) is 12.2 Å². The molecule has 0 radical (unpaired) electrons. The minimum atomic E-state index is -1.61. The molecule has 1 fully saturated rings. The molecule has 0 bridgehead atoms. The van der Waals surface area contributed by atoms with Crippen LogP contribution in [0, 0.1) is 0 Å². The fourth-order valence-electron chi connectivity index (χ4n) is 2.51. The molecule has 0 N–H and O–H groups in total. The molecule has 2 nitrogen and oxygen atoms in total. The van der Waals surface area contributed by atoms with Gasteiger partial charge in [-0.15, -0.1) is 0 Å². The smallest absolute Gasteiger partial charge is 0.192 e. The first kappa shape index (κ1) is 13.3. The zero-order valence-corrected chi connectivity index (χ0v) is 13.0. The van der Waals surface area contributed by atoms with Crippen LogP contribution < -0.4 is 0 Å². The van der Waals surface area contributed by atoms with Crippen LogP contribution in [-0.4, -0.2) is 38.5 Å². The largest absolute Gasteiger partial charge is 0.412 e. The lowest BCUT2D eigenvalue weighted by Gasteiger charge is -2.40. The maximum absolute atomic E-state index is 6.58. The van der Waals surface area contributed by atoms with Gasteiger partial charge in [-0.05, 0) is 31.0 Å². The van der Waals surface area contributed by atoms with Crippen LogP contribution in [0.25, 0.3) is 0 Å². The Kier molecular flexibility index (Phi) is 3.54. The van der Waals surface area contributed by atoms with Gasteiger partial charge < -0.3 is 4.43 Å². The second-order valence-electron chi connectivity index (χ2n) is 6.95. The Balaban J connectivity index is 2.05. The van der Waals surface area contributed by atoms with Gasteiger partial charge in [0.05, 0.1) is 12.1 Å². The third-order valence-electron chi connectivity index (χ3n) is 4.67. The van der Waals surface area contributed by atoms with Crippen LogP contribution >= 0.6 is 0 Å². The lowest BCUT2D eigenvalue weighted by atomic mass is 10.1. The summed E-state index contributed by atoms with van der Waals surface area (Å²) in [6.45, 7) is 14.1. The minimum absolute atomic E-state index is 0.318. The van der Waals surface area contributed by atoms with Gasteiger partial charge >= 0.3 is 0 Å². The van der Waals surface area contributed by atoms with Gasteiger partial charge in [0, 0.05) is 13.1 Å². The van der Waals surface area contributed by atoms with E-state index < -0.39 is 8.32 Å². The summed E-state index contributed by atoms with van der Waals surface area (Å²) in [6, 6.07) is 0.554. The van der Waals surface area contributed by atoms with Gasteiger partial charge in [-0.1, -0.05) is 32.9 Å². The van der Waals surface area contributed by atoms with E-state index in [0.717, 1.165) is 0 Å². The number of hydrogen-bond acceptors (Lipinski definition) is 2. The molecule has 17 heavy (non-hydrogen) atoms. The van der Waals surface area contributed by atoms with Crippen molar-refractivity contribution in [2.24, 2.45) is 0 Å². The summed E-state index contributed by atoms with van der Waals surface area (Å²) < 4.78 is 6.58. The van der Waals surface area contributed by atoms with Crippen molar-refractivity contribution < 1.29 is 4.43 Å². The molecule has 0 aromatic rings. The Labute approximate surface area is 107 Å². The first-order valence-corrected chi connectivity index (χ1v) is 9.81. The lowest BCUT2D eigenvalue weighted by molar-refractivity contribution is 0.144. The Morgan fingerprint density at radius 2 is 1.94 bits per heavy atom. The SMILES string of the molecule is CC(C)(C)[Si](C)(C)O[C@H]1CCN2CCC=C[C@@H]12. The summed E-state index contributed by atoms with van der Waals surface area (Å²) in [4.78, 5) is 2.58. The molecule has 2 atom stereocenters. The molecular formula is C14H27NOSi. The monoisotopic (exact) mass is 253 g/mol. The first-order chi connectivity index (χ1) is 7.81. The van der Waals surface area contributed by atoms with Gasteiger partial charge in [0.25, 0.3) is 0 Å². The predicted octanol–water partition coefficient (Wildman–Crippen LogP) is 3.41. The molecule has 0 unspecified atom stereocenters. The number of hydrogen-bond donors (Lipinski definition) is 0. The van der Waals surface area contributed by atoms with E-state index in [0.29, 0.717) is 17.2 Å². The number of rotatable bonds is 2. The molecule has 1 saturated heterocycles. The summed E-state index contributed by atoms with van der Waals surface area (Å²) >= 11 is 0. The normalized spacial score (nSPS) is 30.6. The van der Waals surface area contributed by atoms with Crippen molar-refractivity contribution in [3.8, 4) is 0 Å². The molecule has 2 rings (SSSR count). The maximum Gasteiger partial charge on any atom is 0.192 e. The standard InChI is InChI=1S/C14H27NOSi/c1-14(2,3)17(4,5)16-13-9-11-15-10-7-6-8-12(13)15/h6,8,12-13H,7,9-11H2,1-5H3/t12-,13-/m0/s1. The molecule has 0 saturated carbocycles. The summed E-state index contributed by atoms with van der Waals surface area (Å²) in [5.74, 6) is 0. The van der Waals surface area contributed by atoms with Crippen molar-refractivity contribution in [1.29, 1.82) is 0 Å². The van der Waals surface area contributed by atoms with E-state index in [1.807, 2.05) is 0 Å². The first-order valence-electron chi connectivity index (χ1n) is 6.90. The van der Waals surface area contributed by atoms with Gasteiger partial charge in [-0.2, -0.15) is 0 Å². The third-order valence-corrected chi connectivity index (χ3v) is 9.18. The third kappa shape index (κ3) is 2.66. The van der Waals surface area contributed by atoms with Crippen molar-refractivity contribution in [1.82, 2.24) is 4.90 Å². The highest BCUT2D eigenvalue weighted by Crippen LogP contribution is 2.39. The highest BCUT2D eigenvalue weighted by atomic mass is 28.4. The van der Waals surface area contributed by atoms with E-state index in [2.05, 4.69) is 50.9 Å². The summed E-state index contributed by atoms with van der Waals surface area (Å²) in [7, 11) is -1.61. The quantitative estimate of drug-likeness (QED) is 0.552. The second-order valence-corrected chi connectivity index (χ2v) is 11.7. The van der Waals surface area contributed by atoms with E-state index in [4.69, 9.17) is 4.43 Å². The highest BCUT2D eigenvalue weighted by molar-refractivity contribution is 6.74. The van der Waals surface area contributed by atoms with Gasteiger partial charge in [-0.3, -0.25) is 4.90 Å². The van der Waals surface area contributed by atoms with Crippen molar-refractivity contribution in [3.63, 3.8) is 0 Å². The zero-order chi connectivity index (χ0) is 12.7. The van der Waals surface area contributed by atoms with E-state index in [1.165, 1.54) is 25.9 Å². The molecule has 0 aliphatic carbocycles. The fourth-order valence-corrected chi connectivity index (χ4v) is 3.88. The van der Waals surface area contributed by atoms with Crippen LogP contribution in [0.4, 0.5) is 0 Å². The van der Waals surface area contributed by atoms with Crippen LogP contribution in [0.1, 0.15) is 33.6 Å². The average molecular weight is 253 g/mol. The predicted molar refractivity (Wildman–Crippen MR) is 75.8 cm³/mol. The van der Waals surface area contributed by atoms with Crippen molar-refractivity contribution in [2.75, 3.05) is 13.1 Å². The highest BCUT2D eigenvalue weighted by Gasteiger charge is 2.43. The van der Waals surface area contributed by atoms with Gasteiger partial charge in [0.1, 0.15) is 0 Å². The fraction of sp³-hybridized carbons (Fsp3) is 0.857. The lowest BCUT2D eigenvalue weighted by Crippen LogP contribution is -2.47. The maximum atomic E-state index is 6.58. The van der Waals surface area contributed by atoms with E-state index in [-0.39, 0.29) is 0 Å². The van der Waals surface area contributed by atoms with Gasteiger partial charge in [-0.25, -0.2) is 0 Å². The summed E-state index contributed by atoms with van der Waals surface area (Å²) in [5.41, 5.74) is 0. The molecule has 2 heterocycles. The molecule has 2 aliphatic heterocycles. The molecule has 98 valence electrons. The molecule has 0 aromatic carbocycles. The van der Waals surface area contributed by atoms with E-state index >= 15 is 0 Å². The molecule has 2 aliphatic rings. The number of nitrogens with zero attached hydrogens (tertiary/aromatic N) is 1. The Morgan fingerprint density at radius 3 is 2.59 bits per heavy atom. The van der Waals surface area contributed by atoms with Crippen LogP contribution in [0.3, 0.4) is 0 Å². The van der Waals surface area contributed by atoms with E-state index in [9.17, 15) is 0 Å². The van der Waals surface area contributed by atoms with Crippen LogP contribution in [0.5, 0.6) is 0 Å².